The van der Waals surface area contributed by atoms with Crippen LogP contribution in [0.5, 0.6) is 0 Å². The largest absolute Gasteiger partial charge is 0.511 e. The number of hydrogen-bond donors (Lipinski definition) is 4. The van der Waals surface area contributed by atoms with Crippen LogP contribution in [0.1, 0.15) is 48.8 Å². The predicted molar refractivity (Wildman–Crippen MR) is 150 cm³/mol. The van der Waals surface area contributed by atoms with Crippen molar-refractivity contribution in [3.05, 3.63) is 89.1 Å². The van der Waals surface area contributed by atoms with Crippen LogP contribution < -0.4 is 10.6 Å². The summed E-state index contributed by atoms with van der Waals surface area (Å²) in [4.78, 5) is 20.9. The molecule has 4 aromatic rings. The molecule has 0 saturated carbocycles. The minimum Gasteiger partial charge on any atom is -0.511 e. The summed E-state index contributed by atoms with van der Waals surface area (Å²) in [7, 11) is 0. The number of fused-ring (bicyclic) bond motifs is 4. The summed E-state index contributed by atoms with van der Waals surface area (Å²) in [6, 6.07) is 11.4. The first-order chi connectivity index (χ1) is 19.9. The maximum atomic E-state index is 14.9. The topological polar surface area (TPSA) is 157 Å². The number of H-pyrrole nitrogens is 1. The third-order valence-corrected chi connectivity index (χ3v) is 7.03. The number of nitriles is 1. The minimum absolute atomic E-state index is 0.00404. The van der Waals surface area contributed by atoms with Crippen molar-refractivity contribution in [3.63, 3.8) is 0 Å². The number of amides is 1. The van der Waals surface area contributed by atoms with Crippen molar-refractivity contribution in [1.29, 1.82) is 5.26 Å². The average Bonchev–Trinajstić information content (AvgIpc) is 3.65. The van der Waals surface area contributed by atoms with Crippen LogP contribution in [0.2, 0.25) is 5.02 Å². The van der Waals surface area contributed by atoms with Crippen LogP contribution in [0.15, 0.2) is 61.1 Å². The molecule has 1 aliphatic heterocycles. The molecule has 0 radical (unpaired) electrons. The molecule has 208 valence electrons. The van der Waals surface area contributed by atoms with E-state index in [1.807, 2.05) is 24.3 Å². The van der Waals surface area contributed by atoms with Gasteiger partial charge in [0, 0.05) is 22.9 Å². The molecule has 2 bridgehead atoms. The van der Waals surface area contributed by atoms with Gasteiger partial charge in [-0.15, -0.1) is 5.10 Å². The Bertz CT molecular complexity index is 1660. The van der Waals surface area contributed by atoms with Crippen LogP contribution in [0.25, 0.3) is 23.0 Å². The van der Waals surface area contributed by atoms with E-state index in [1.54, 1.807) is 6.07 Å². The van der Waals surface area contributed by atoms with Crippen molar-refractivity contribution >= 4 is 29.3 Å². The molecule has 4 N–H and O–H groups in total. The van der Waals surface area contributed by atoms with Gasteiger partial charge < -0.3 is 20.7 Å². The average molecular weight is 574 g/mol. The number of para-hydroxylation sites is 1. The molecule has 2 aromatic carbocycles. The van der Waals surface area contributed by atoms with Crippen LogP contribution >= 0.6 is 11.6 Å². The number of halogens is 2. The summed E-state index contributed by atoms with van der Waals surface area (Å²) in [6.07, 6.45) is 6.27. The molecule has 11 nitrogen and oxygen atoms in total. The molecule has 2 aromatic heterocycles. The van der Waals surface area contributed by atoms with Crippen molar-refractivity contribution in [2.75, 3.05) is 5.32 Å². The second kappa shape index (κ2) is 12.0. The normalized spacial score (nSPS) is 17.0. The van der Waals surface area contributed by atoms with Gasteiger partial charge in [-0.25, -0.2) is 9.37 Å². The Morgan fingerprint density at radius 1 is 1.27 bits per heavy atom. The number of nitrogens with zero attached hydrogens (tertiary/aromatic N) is 6. The number of aromatic nitrogens is 6. The predicted octanol–water partition coefficient (Wildman–Crippen LogP) is 5.01. The van der Waals surface area contributed by atoms with E-state index in [4.69, 9.17) is 16.6 Å². The molecule has 1 aliphatic rings. The van der Waals surface area contributed by atoms with Crippen molar-refractivity contribution in [2.45, 2.75) is 37.8 Å². The van der Waals surface area contributed by atoms with E-state index in [1.165, 1.54) is 29.2 Å². The number of carbonyl (C=O) groups is 1. The lowest BCUT2D eigenvalue weighted by atomic mass is 10.0. The van der Waals surface area contributed by atoms with Crippen LogP contribution in [0.4, 0.5) is 10.1 Å². The van der Waals surface area contributed by atoms with Crippen molar-refractivity contribution < 1.29 is 14.3 Å². The summed E-state index contributed by atoms with van der Waals surface area (Å²) < 4.78 is 16.2. The third kappa shape index (κ3) is 5.95. The zero-order chi connectivity index (χ0) is 28.9. The number of nitrogens with one attached hydrogen (secondary N) is 3. The van der Waals surface area contributed by atoms with E-state index < -0.39 is 23.8 Å². The van der Waals surface area contributed by atoms with E-state index in [0.717, 1.165) is 0 Å². The smallest absolute Gasteiger partial charge is 0.244 e. The van der Waals surface area contributed by atoms with Crippen molar-refractivity contribution in [2.24, 2.45) is 0 Å². The number of aliphatic hydroxyl groups is 1. The van der Waals surface area contributed by atoms with Crippen molar-refractivity contribution in [1.82, 2.24) is 35.5 Å². The Kier molecular flexibility index (Phi) is 8.07. The van der Waals surface area contributed by atoms with Gasteiger partial charge in [0.1, 0.15) is 35.4 Å². The van der Waals surface area contributed by atoms with Gasteiger partial charge in [0.05, 0.1) is 22.8 Å². The molecule has 0 aliphatic carbocycles. The Morgan fingerprint density at radius 2 is 2.07 bits per heavy atom. The first-order valence-corrected chi connectivity index (χ1v) is 13.2. The number of carbonyl (C=O) groups excluding carboxylic acids is 1. The van der Waals surface area contributed by atoms with Gasteiger partial charge in [-0.1, -0.05) is 49.2 Å². The third-order valence-electron chi connectivity index (χ3n) is 6.74. The SMILES string of the molecule is C=C(O)[C@H]1CCCC[C@H](NC(=O)/C=C/c2c(-n3cnnn3)ccc(Cl)c2F)c2nc(c(C#N)[nH]2)-c2ccccc2N1. The fourth-order valence-corrected chi connectivity index (χ4v) is 4.86. The molecular weight excluding hydrogens is 549 g/mol. The lowest BCUT2D eigenvalue weighted by Gasteiger charge is -2.22. The number of rotatable bonds is 5. The number of aliphatic hydroxyl groups excluding tert-OH is 1. The van der Waals surface area contributed by atoms with Gasteiger partial charge in [0.2, 0.25) is 5.91 Å². The molecule has 3 heterocycles. The van der Waals surface area contributed by atoms with Gasteiger partial charge in [0.15, 0.2) is 5.82 Å². The van der Waals surface area contributed by atoms with Gasteiger partial charge in [-0.3, -0.25) is 4.79 Å². The zero-order valence-corrected chi connectivity index (χ0v) is 22.4. The van der Waals surface area contributed by atoms with E-state index in [-0.39, 0.29) is 22.0 Å². The summed E-state index contributed by atoms with van der Waals surface area (Å²) in [5.74, 6) is -0.815. The Labute approximate surface area is 239 Å². The highest BCUT2D eigenvalue weighted by atomic mass is 35.5. The fourth-order valence-electron chi connectivity index (χ4n) is 4.70. The highest BCUT2D eigenvalue weighted by Gasteiger charge is 2.24. The first-order valence-electron chi connectivity index (χ1n) is 12.8. The lowest BCUT2D eigenvalue weighted by Crippen LogP contribution is -2.28. The van der Waals surface area contributed by atoms with Gasteiger partial charge >= 0.3 is 0 Å². The van der Waals surface area contributed by atoms with E-state index in [9.17, 15) is 19.6 Å². The molecule has 13 heteroatoms. The van der Waals surface area contributed by atoms with Gasteiger partial charge in [-0.2, -0.15) is 9.94 Å². The fraction of sp³-hybridized carbons (Fsp3) is 0.214. The molecule has 2 atom stereocenters. The van der Waals surface area contributed by atoms with Crippen LogP contribution in [0, 0.1) is 17.1 Å². The molecular formula is C28H25ClFN9O2. The van der Waals surface area contributed by atoms with Crippen molar-refractivity contribution in [3.8, 4) is 23.0 Å². The highest BCUT2D eigenvalue weighted by Crippen LogP contribution is 2.33. The molecule has 0 saturated heterocycles. The molecule has 0 spiro atoms. The molecule has 5 rings (SSSR count). The minimum atomic E-state index is -0.726. The van der Waals surface area contributed by atoms with Crippen LogP contribution in [-0.2, 0) is 4.79 Å². The monoisotopic (exact) mass is 573 g/mol. The van der Waals surface area contributed by atoms with Crippen LogP contribution in [0.3, 0.4) is 0 Å². The molecule has 41 heavy (non-hydrogen) atoms. The van der Waals surface area contributed by atoms with E-state index in [0.29, 0.717) is 54.1 Å². The second-order valence-corrected chi connectivity index (χ2v) is 9.83. The number of imidazole rings is 1. The van der Waals surface area contributed by atoms with E-state index >= 15 is 0 Å². The number of anilines is 1. The summed E-state index contributed by atoms with van der Waals surface area (Å²) in [6.45, 7) is 3.71. The summed E-state index contributed by atoms with van der Waals surface area (Å²) in [5, 5.41) is 37.1. The Morgan fingerprint density at radius 3 is 2.83 bits per heavy atom. The second-order valence-electron chi connectivity index (χ2n) is 9.42. The Balaban J connectivity index is 1.46. The zero-order valence-electron chi connectivity index (χ0n) is 21.7. The standard InChI is InChI=1S/C28H25ClFN9O2/c1-16(40)20-7-4-5-9-22(28-35-23(14-31)27(36-28)17-6-2-3-8-21(17)33-20)34-25(41)13-10-18-24(39-15-32-37-38-39)12-11-19(29)26(18)30/h2-3,6,8,10-13,15,20,22,33,40H,1,4-5,7,9H2,(H,34,41)(H,35,36)/b13-10+/t20-,22+/m1/s1. The van der Waals surface area contributed by atoms with E-state index in [2.05, 4.69) is 43.8 Å². The summed E-state index contributed by atoms with van der Waals surface area (Å²) in [5.41, 5.74) is 2.33. The van der Waals surface area contributed by atoms with Gasteiger partial charge in [0.25, 0.3) is 0 Å². The maximum Gasteiger partial charge on any atom is 0.244 e. The Hall–Kier alpha value is -5.02. The molecule has 0 fully saturated rings. The summed E-state index contributed by atoms with van der Waals surface area (Å²) >= 11 is 5.99. The first kappa shape index (κ1) is 27.5. The van der Waals surface area contributed by atoms with Crippen LogP contribution in [-0.4, -0.2) is 47.2 Å². The highest BCUT2D eigenvalue weighted by molar-refractivity contribution is 6.31. The number of hydrogen-bond acceptors (Lipinski definition) is 8. The number of tetrazole rings is 1. The number of benzene rings is 2. The lowest BCUT2D eigenvalue weighted by molar-refractivity contribution is -0.117. The molecule has 1 amide bonds. The maximum absolute atomic E-state index is 14.9. The quantitative estimate of drug-likeness (QED) is 0.191. The number of aromatic amines is 1. The van der Waals surface area contributed by atoms with Gasteiger partial charge in [-0.05, 0) is 47.5 Å². The molecule has 0 unspecified atom stereocenters.